The third kappa shape index (κ3) is 3.64. The van der Waals surface area contributed by atoms with Crippen LogP contribution in [0.2, 0.25) is 0 Å². The van der Waals surface area contributed by atoms with Gasteiger partial charge in [0.25, 0.3) is 5.91 Å². The van der Waals surface area contributed by atoms with Crippen LogP contribution in [0.4, 0.5) is 5.69 Å². The lowest BCUT2D eigenvalue weighted by Crippen LogP contribution is -2.41. The molecular formula is C19H25NO3. The van der Waals surface area contributed by atoms with Crippen molar-refractivity contribution in [3.8, 4) is 5.75 Å². The van der Waals surface area contributed by atoms with E-state index in [2.05, 4.69) is 5.32 Å². The number of methoxy groups -OCH3 is 1. The zero-order valence-electron chi connectivity index (χ0n) is 14.3. The molecule has 124 valence electrons. The Bertz CT molecular complexity index is 683. The number of hydrogen-bond acceptors (Lipinski definition) is 3. The van der Waals surface area contributed by atoms with Crippen molar-refractivity contribution >= 4 is 22.4 Å². The van der Waals surface area contributed by atoms with Crippen LogP contribution in [-0.2, 0) is 9.53 Å². The molecule has 2 aromatic rings. The van der Waals surface area contributed by atoms with Gasteiger partial charge in [-0.15, -0.1) is 0 Å². The number of rotatable bonds is 7. The minimum Gasteiger partial charge on any atom is -0.493 e. The molecule has 1 N–H and O–H groups in total. The molecule has 0 fully saturated rings. The van der Waals surface area contributed by atoms with Gasteiger partial charge in [-0.3, -0.25) is 4.79 Å². The second kappa shape index (κ2) is 7.47. The van der Waals surface area contributed by atoms with E-state index in [0.717, 1.165) is 28.6 Å². The van der Waals surface area contributed by atoms with Gasteiger partial charge in [0.15, 0.2) is 0 Å². The Kier molecular flexibility index (Phi) is 5.61. The number of fused-ring (bicyclic) bond motifs is 1. The van der Waals surface area contributed by atoms with Gasteiger partial charge in [0, 0.05) is 23.6 Å². The molecule has 4 heteroatoms. The van der Waals surface area contributed by atoms with Gasteiger partial charge in [0.1, 0.15) is 11.4 Å². The summed E-state index contributed by atoms with van der Waals surface area (Å²) >= 11 is 0. The van der Waals surface area contributed by atoms with Crippen LogP contribution in [0.1, 0.15) is 33.6 Å². The Morgan fingerprint density at radius 1 is 1.13 bits per heavy atom. The highest BCUT2D eigenvalue weighted by Crippen LogP contribution is 2.32. The quantitative estimate of drug-likeness (QED) is 0.824. The van der Waals surface area contributed by atoms with Gasteiger partial charge in [0.2, 0.25) is 0 Å². The Hall–Kier alpha value is -2.07. The summed E-state index contributed by atoms with van der Waals surface area (Å²) in [5.41, 5.74) is -0.0533. The number of anilines is 1. The molecule has 0 heterocycles. The summed E-state index contributed by atoms with van der Waals surface area (Å²) in [6.07, 6.45) is 1.55. The highest BCUT2D eigenvalue weighted by atomic mass is 16.5. The maximum Gasteiger partial charge on any atom is 0.256 e. The van der Waals surface area contributed by atoms with E-state index in [1.54, 1.807) is 7.11 Å². The van der Waals surface area contributed by atoms with Gasteiger partial charge in [-0.1, -0.05) is 37.6 Å². The monoisotopic (exact) mass is 315 g/mol. The summed E-state index contributed by atoms with van der Waals surface area (Å²) in [5, 5.41) is 4.96. The van der Waals surface area contributed by atoms with Crippen LogP contribution in [0.5, 0.6) is 5.75 Å². The number of hydrogen-bond donors (Lipinski definition) is 1. The summed E-state index contributed by atoms with van der Waals surface area (Å²) < 4.78 is 11.1. The molecule has 4 nitrogen and oxygen atoms in total. The van der Waals surface area contributed by atoms with Crippen molar-refractivity contribution < 1.29 is 14.3 Å². The first kappa shape index (κ1) is 17.3. The molecule has 0 aliphatic heterocycles. The van der Waals surface area contributed by atoms with Gasteiger partial charge in [0.05, 0.1) is 6.61 Å². The summed E-state index contributed by atoms with van der Waals surface area (Å²) in [6, 6.07) is 11.7. The summed E-state index contributed by atoms with van der Waals surface area (Å²) in [6.45, 7) is 6.42. The van der Waals surface area contributed by atoms with Crippen LogP contribution in [0.3, 0.4) is 0 Å². The predicted octanol–water partition coefficient (Wildman–Crippen LogP) is 4.38. The molecule has 2 aromatic carbocycles. The number of nitrogens with one attached hydrogen (secondary N) is 1. The van der Waals surface area contributed by atoms with Crippen LogP contribution < -0.4 is 10.1 Å². The fraction of sp³-hybridized carbons (Fsp3) is 0.421. The number of ether oxygens (including phenoxy) is 2. The van der Waals surface area contributed by atoms with Crippen LogP contribution >= 0.6 is 0 Å². The standard InChI is InChI=1S/C19H25NO3/c1-5-13-19(3,22-4)18(21)20-16-11-12-17(23-6-2)15-10-8-7-9-14(15)16/h7-12H,5-6,13H2,1-4H3,(H,20,21)/t19-/m0/s1. The second-order valence-corrected chi connectivity index (χ2v) is 5.73. The molecule has 23 heavy (non-hydrogen) atoms. The van der Waals surface area contributed by atoms with E-state index in [1.165, 1.54) is 0 Å². The smallest absolute Gasteiger partial charge is 0.256 e. The lowest BCUT2D eigenvalue weighted by atomic mass is 9.98. The van der Waals surface area contributed by atoms with Crippen molar-refractivity contribution in [1.29, 1.82) is 0 Å². The third-order valence-corrected chi connectivity index (χ3v) is 4.09. The first-order valence-electron chi connectivity index (χ1n) is 8.07. The minimum atomic E-state index is -0.825. The Labute approximate surface area is 137 Å². The number of benzene rings is 2. The zero-order valence-corrected chi connectivity index (χ0v) is 14.3. The van der Waals surface area contributed by atoms with Gasteiger partial charge >= 0.3 is 0 Å². The second-order valence-electron chi connectivity index (χ2n) is 5.73. The fourth-order valence-corrected chi connectivity index (χ4v) is 2.70. The molecule has 0 aliphatic carbocycles. The number of carbonyl (C=O) groups excluding carboxylic acids is 1. The van der Waals surface area contributed by atoms with E-state index in [0.29, 0.717) is 13.0 Å². The molecule has 0 spiro atoms. The van der Waals surface area contributed by atoms with Crippen molar-refractivity contribution in [3.63, 3.8) is 0 Å². The molecule has 0 bridgehead atoms. The van der Waals surface area contributed by atoms with Crippen molar-refractivity contribution in [3.05, 3.63) is 36.4 Å². The third-order valence-electron chi connectivity index (χ3n) is 4.09. The van der Waals surface area contributed by atoms with Gasteiger partial charge in [-0.25, -0.2) is 0 Å². The summed E-state index contributed by atoms with van der Waals surface area (Å²) in [5.74, 6) is 0.695. The molecule has 0 radical (unpaired) electrons. The van der Waals surface area contributed by atoms with E-state index in [4.69, 9.17) is 9.47 Å². The Balaban J connectivity index is 2.37. The molecule has 1 atom stereocenters. The average Bonchev–Trinajstić information content (AvgIpc) is 2.57. The van der Waals surface area contributed by atoms with Crippen LogP contribution in [0.25, 0.3) is 10.8 Å². The Morgan fingerprint density at radius 3 is 2.43 bits per heavy atom. The van der Waals surface area contributed by atoms with Crippen LogP contribution in [-0.4, -0.2) is 25.2 Å². The fourth-order valence-electron chi connectivity index (χ4n) is 2.70. The lowest BCUT2D eigenvalue weighted by Gasteiger charge is -2.26. The highest BCUT2D eigenvalue weighted by Gasteiger charge is 2.32. The van der Waals surface area contributed by atoms with Gasteiger partial charge < -0.3 is 14.8 Å². The number of carbonyl (C=O) groups is 1. The van der Waals surface area contributed by atoms with Gasteiger partial charge in [-0.2, -0.15) is 0 Å². The number of amides is 1. The molecule has 0 aliphatic rings. The first-order valence-corrected chi connectivity index (χ1v) is 8.07. The summed E-state index contributed by atoms with van der Waals surface area (Å²) in [7, 11) is 1.57. The molecule has 0 aromatic heterocycles. The summed E-state index contributed by atoms with van der Waals surface area (Å²) in [4.78, 5) is 12.6. The first-order chi connectivity index (χ1) is 11.1. The molecule has 2 rings (SSSR count). The van der Waals surface area contributed by atoms with E-state index in [9.17, 15) is 4.79 Å². The van der Waals surface area contributed by atoms with Crippen molar-refractivity contribution in [2.45, 2.75) is 39.2 Å². The Morgan fingerprint density at radius 2 is 1.83 bits per heavy atom. The lowest BCUT2D eigenvalue weighted by molar-refractivity contribution is -0.136. The molecule has 0 saturated carbocycles. The van der Waals surface area contributed by atoms with Crippen LogP contribution in [0.15, 0.2) is 36.4 Å². The normalized spacial score (nSPS) is 13.6. The molecular weight excluding hydrogens is 290 g/mol. The SMILES string of the molecule is CCC[C@](C)(OC)C(=O)Nc1ccc(OCC)c2ccccc12. The average molecular weight is 315 g/mol. The highest BCUT2D eigenvalue weighted by molar-refractivity contribution is 6.06. The van der Waals surface area contributed by atoms with E-state index < -0.39 is 5.60 Å². The van der Waals surface area contributed by atoms with E-state index in [1.807, 2.05) is 57.2 Å². The topological polar surface area (TPSA) is 47.6 Å². The van der Waals surface area contributed by atoms with Gasteiger partial charge in [-0.05, 0) is 32.4 Å². The molecule has 0 unspecified atom stereocenters. The maximum absolute atomic E-state index is 12.6. The van der Waals surface area contributed by atoms with E-state index >= 15 is 0 Å². The maximum atomic E-state index is 12.6. The van der Waals surface area contributed by atoms with Crippen molar-refractivity contribution in [2.75, 3.05) is 19.0 Å². The molecule has 0 saturated heterocycles. The molecule has 1 amide bonds. The zero-order chi connectivity index (χ0) is 16.9. The minimum absolute atomic E-state index is 0.129. The largest absolute Gasteiger partial charge is 0.493 e. The van der Waals surface area contributed by atoms with E-state index in [-0.39, 0.29) is 5.91 Å². The van der Waals surface area contributed by atoms with Crippen molar-refractivity contribution in [2.24, 2.45) is 0 Å². The predicted molar refractivity (Wildman–Crippen MR) is 94.1 cm³/mol. The van der Waals surface area contributed by atoms with Crippen molar-refractivity contribution in [1.82, 2.24) is 0 Å². The van der Waals surface area contributed by atoms with Crippen LogP contribution in [0, 0.1) is 0 Å².